The molecule has 2 aliphatic heterocycles. The SMILES string of the molecule is CC1CCC(C(=O)N2CCN[C@@H](C)C2)O1. The summed E-state index contributed by atoms with van der Waals surface area (Å²) in [6.07, 6.45) is 1.97. The molecule has 1 N–H and O–H groups in total. The zero-order valence-corrected chi connectivity index (χ0v) is 9.53. The number of carbonyl (C=O) groups is 1. The summed E-state index contributed by atoms with van der Waals surface area (Å²) in [6.45, 7) is 6.67. The smallest absolute Gasteiger partial charge is 0.251 e. The molecule has 0 aliphatic carbocycles. The van der Waals surface area contributed by atoms with Crippen LogP contribution in [0.5, 0.6) is 0 Å². The highest BCUT2D eigenvalue weighted by Gasteiger charge is 2.32. The van der Waals surface area contributed by atoms with Crippen LogP contribution in [0.3, 0.4) is 0 Å². The fourth-order valence-corrected chi connectivity index (χ4v) is 2.32. The van der Waals surface area contributed by atoms with E-state index in [1.165, 1.54) is 0 Å². The predicted molar refractivity (Wildman–Crippen MR) is 57.6 cm³/mol. The molecule has 86 valence electrons. The normalized spacial score (nSPS) is 36.9. The molecule has 0 saturated carbocycles. The summed E-state index contributed by atoms with van der Waals surface area (Å²) >= 11 is 0. The van der Waals surface area contributed by atoms with Gasteiger partial charge in [0.25, 0.3) is 5.91 Å². The van der Waals surface area contributed by atoms with Gasteiger partial charge >= 0.3 is 0 Å². The van der Waals surface area contributed by atoms with Crippen LogP contribution in [0.15, 0.2) is 0 Å². The van der Waals surface area contributed by atoms with Gasteiger partial charge in [-0.1, -0.05) is 0 Å². The zero-order valence-electron chi connectivity index (χ0n) is 9.53. The summed E-state index contributed by atoms with van der Waals surface area (Å²) in [5.74, 6) is 0.188. The van der Waals surface area contributed by atoms with Crippen LogP contribution < -0.4 is 5.32 Å². The summed E-state index contributed by atoms with van der Waals surface area (Å²) in [6, 6.07) is 0.404. The second kappa shape index (κ2) is 4.49. The maximum Gasteiger partial charge on any atom is 0.251 e. The summed E-state index contributed by atoms with van der Waals surface area (Å²) in [5, 5.41) is 3.33. The van der Waals surface area contributed by atoms with Crippen molar-refractivity contribution in [1.82, 2.24) is 10.2 Å². The number of nitrogens with zero attached hydrogens (tertiary/aromatic N) is 1. The van der Waals surface area contributed by atoms with Crippen molar-refractivity contribution in [2.24, 2.45) is 0 Å². The first-order valence-electron chi connectivity index (χ1n) is 5.84. The van der Waals surface area contributed by atoms with E-state index in [0.29, 0.717) is 6.04 Å². The average molecular weight is 212 g/mol. The second-order valence-corrected chi connectivity index (χ2v) is 4.65. The van der Waals surface area contributed by atoms with E-state index in [1.54, 1.807) is 0 Å². The highest BCUT2D eigenvalue weighted by atomic mass is 16.5. The minimum atomic E-state index is -0.176. The van der Waals surface area contributed by atoms with E-state index in [4.69, 9.17) is 4.74 Å². The molecule has 1 amide bonds. The third kappa shape index (κ3) is 2.49. The summed E-state index contributed by atoms with van der Waals surface area (Å²) in [4.78, 5) is 14.0. The van der Waals surface area contributed by atoms with Crippen molar-refractivity contribution in [3.63, 3.8) is 0 Å². The minimum Gasteiger partial charge on any atom is -0.365 e. The molecule has 2 heterocycles. The number of nitrogens with one attached hydrogen (secondary N) is 1. The molecule has 2 saturated heterocycles. The van der Waals surface area contributed by atoms with Gasteiger partial charge < -0.3 is 15.0 Å². The standard InChI is InChI=1S/C11H20N2O2/c1-8-7-13(6-5-12-8)11(14)10-4-3-9(2)15-10/h8-10,12H,3-7H2,1-2H3/t8-,9?,10?/m0/s1. The highest BCUT2D eigenvalue weighted by molar-refractivity contribution is 5.81. The van der Waals surface area contributed by atoms with Crippen molar-refractivity contribution in [2.75, 3.05) is 19.6 Å². The Morgan fingerprint density at radius 1 is 1.40 bits per heavy atom. The third-order valence-electron chi connectivity index (χ3n) is 3.19. The van der Waals surface area contributed by atoms with Gasteiger partial charge in [0.15, 0.2) is 0 Å². The van der Waals surface area contributed by atoms with Crippen molar-refractivity contribution in [3.05, 3.63) is 0 Å². The Hall–Kier alpha value is -0.610. The molecule has 4 nitrogen and oxygen atoms in total. The van der Waals surface area contributed by atoms with Crippen LogP contribution in [-0.2, 0) is 9.53 Å². The Kier molecular flexibility index (Phi) is 3.26. The Bertz CT molecular complexity index is 245. The van der Waals surface area contributed by atoms with Crippen LogP contribution in [0.2, 0.25) is 0 Å². The lowest BCUT2D eigenvalue weighted by atomic mass is 10.1. The molecule has 4 heteroatoms. The molecule has 2 fully saturated rings. The minimum absolute atomic E-state index is 0.176. The fraction of sp³-hybridized carbons (Fsp3) is 0.909. The fourth-order valence-electron chi connectivity index (χ4n) is 2.32. The first-order valence-corrected chi connectivity index (χ1v) is 5.84. The quantitative estimate of drug-likeness (QED) is 0.683. The molecule has 15 heavy (non-hydrogen) atoms. The molecule has 0 radical (unpaired) electrons. The Labute approximate surface area is 91.0 Å². The van der Waals surface area contributed by atoms with Gasteiger partial charge in [-0.2, -0.15) is 0 Å². The third-order valence-corrected chi connectivity index (χ3v) is 3.19. The number of hydrogen-bond donors (Lipinski definition) is 1. The van der Waals surface area contributed by atoms with Gasteiger partial charge in [-0.05, 0) is 26.7 Å². The number of ether oxygens (including phenoxy) is 1. The van der Waals surface area contributed by atoms with Gasteiger partial charge in [0.1, 0.15) is 6.10 Å². The summed E-state index contributed by atoms with van der Waals surface area (Å²) in [5.41, 5.74) is 0. The molecular formula is C11H20N2O2. The van der Waals surface area contributed by atoms with E-state index in [0.717, 1.165) is 32.5 Å². The number of piperazine rings is 1. The maximum absolute atomic E-state index is 12.1. The monoisotopic (exact) mass is 212 g/mol. The van der Waals surface area contributed by atoms with Crippen LogP contribution in [0.25, 0.3) is 0 Å². The lowest BCUT2D eigenvalue weighted by molar-refractivity contribution is -0.143. The van der Waals surface area contributed by atoms with E-state index >= 15 is 0 Å². The molecular weight excluding hydrogens is 192 g/mol. The Morgan fingerprint density at radius 3 is 2.80 bits per heavy atom. The molecule has 3 atom stereocenters. The van der Waals surface area contributed by atoms with Gasteiger partial charge in [0.05, 0.1) is 6.10 Å². The van der Waals surface area contributed by atoms with Crippen molar-refractivity contribution < 1.29 is 9.53 Å². The molecule has 0 aromatic heterocycles. The van der Waals surface area contributed by atoms with E-state index < -0.39 is 0 Å². The number of amides is 1. The number of hydrogen-bond acceptors (Lipinski definition) is 3. The lowest BCUT2D eigenvalue weighted by Gasteiger charge is -2.33. The highest BCUT2D eigenvalue weighted by Crippen LogP contribution is 2.21. The van der Waals surface area contributed by atoms with Gasteiger partial charge in [-0.25, -0.2) is 0 Å². The number of carbonyl (C=O) groups excluding carboxylic acids is 1. The molecule has 0 bridgehead atoms. The van der Waals surface area contributed by atoms with Crippen molar-refractivity contribution in [1.29, 1.82) is 0 Å². The van der Waals surface area contributed by atoms with E-state index in [1.807, 2.05) is 11.8 Å². The van der Waals surface area contributed by atoms with Crippen LogP contribution >= 0.6 is 0 Å². The largest absolute Gasteiger partial charge is 0.365 e. The van der Waals surface area contributed by atoms with Gasteiger partial charge in [0.2, 0.25) is 0 Å². The molecule has 2 aliphatic rings. The average Bonchev–Trinajstić information content (AvgIpc) is 2.64. The van der Waals surface area contributed by atoms with E-state index in [-0.39, 0.29) is 18.1 Å². The molecule has 0 aromatic carbocycles. The topological polar surface area (TPSA) is 41.6 Å². The van der Waals surface area contributed by atoms with Gasteiger partial charge in [-0.3, -0.25) is 4.79 Å². The van der Waals surface area contributed by atoms with Crippen LogP contribution in [0, 0.1) is 0 Å². The van der Waals surface area contributed by atoms with Gasteiger partial charge in [-0.15, -0.1) is 0 Å². The molecule has 2 rings (SSSR count). The molecule has 2 unspecified atom stereocenters. The first kappa shape index (κ1) is 10.9. The molecule has 0 aromatic rings. The summed E-state index contributed by atoms with van der Waals surface area (Å²) in [7, 11) is 0. The van der Waals surface area contributed by atoms with Crippen molar-refractivity contribution in [2.45, 2.75) is 44.9 Å². The van der Waals surface area contributed by atoms with E-state index in [2.05, 4.69) is 12.2 Å². The maximum atomic E-state index is 12.1. The lowest BCUT2D eigenvalue weighted by Crippen LogP contribution is -2.53. The zero-order chi connectivity index (χ0) is 10.8. The molecule has 0 spiro atoms. The van der Waals surface area contributed by atoms with Crippen molar-refractivity contribution >= 4 is 5.91 Å². The second-order valence-electron chi connectivity index (χ2n) is 4.65. The van der Waals surface area contributed by atoms with Gasteiger partial charge in [0, 0.05) is 25.7 Å². The summed E-state index contributed by atoms with van der Waals surface area (Å²) < 4.78 is 5.60. The Balaban J connectivity index is 1.89. The first-order chi connectivity index (χ1) is 7.16. The number of rotatable bonds is 1. The Morgan fingerprint density at radius 2 is 2.20 bits per heavy atom. The van der Waals surface area contributed by atoms with E-state index in [9.17, 15) is 4.79 Å². The van der Waals surface area contributed by atoms with Crippen LogP contribution in [0.1, 0.15) is 26.7 Å². The van der Waals surface area contributed by atoms with Crippen LogP contribution in [-0.4, -0.2) is 48.7 Å². The van der Waals surface area contributed by atoms with Crippen molar-refractivity contribution in [3.8, 4) is 0 Å². The van der Waals surface area contributed by atoms with Crippen LogP contribution in [0.4, 0.5) is 0 Å². The predicted octanol–water partition coefficient (Wildman–Crippen LogP) is 0.374.